The molecule has 0 saturated carbocycles. The van der Waals surface area contributed by atoms with E-state index in [2.05, 4.69) is 15.9 Å². The van der Waals surface area contributed by atoms with Crippen molar-refractivity contribution in [2.24, 2.45) is 5.73 Å². The molecule has 1 atom stereocenters. The molecule has 112 valence electrons. The van der Waals surface area contributed by atoms with E-state index in [4.69, 9.17) is 10.5 Å². The van der Waals surface area contributed by atoms with Crippen LogP contribution in [0.4, 0.5) is 0 Å². The zero-order valence-electron chi connectivity index (χ0n) is 12.5. The minimum absolute atomic E-state index is 0.0356. The number of rotatable bonds is 6. The van der Waals surface area contributed by atoms with Gasteiger partial charge in [0.25, 0.3) is 5.91 Å². The lowest BCUT2D eigenvalue weighted by atomic mass is 10.1. The highest BCUT2D eigenvalue weighted by Crippen LogP contribution is 2.26. The van der Waals surface area contributed by atoms with Crippen LogP contribution >= 0.6 is 15.9 Å². The molecule has 0 aromatic heterocycles. The number of hydrogen-bond acceptors (Lipinski definition) is 3. The molecule has 0 aliphatic carbocycles. The van der Waals surface area contributed by atoms with Crippen LogP contribution in [-0.2, 0) is 11.2 Å². The molecule has 0 fully saturated rings. The number of ether oxygens (including phenoxy) is 1. The third kappa shape index (κ3) is 5.13. The molecular formula is C15H23BrN2O2. The van der Waals surface area contributed by atoms with Gasteiger partial charge in [-0.2, -0.15) is 0 Å². The Morgan fingerprint density at radius 1 is 1.40 bits per heavy atom. The van der Waals surface area contributed by atoms with Crippen LogP contribution in [0.5, 0.6) is 5.75 Å². The first-order valence-electron chi connectivity index (χ1n) is 6.73. The predicted octanol–water partition coefficient (Wildman–Crippen LogP) is 2.58. The SMILES string of the molecule is CC(N)Cc1ccc(OCC(=O)N(C)C(C)C)c(Br)c1. The zero-order valence-corrected chi connectivity index (χ0v) is 14.1. The molecule has 1 aromatic rings. The van der Waals surface area contributed by atoms with E-state index in [9.17, 15) is 4.79 Å². The van der Waals surface area contributed by atoms with Gasteiger partial charge in [0.2, 0.25) is 0 Å². The first-order chi connectivity index (χ1) is 9.31. The van der Waals surface area contributed by atoms with Crippen LogP contribution in [0.25, 0.3) is 0 Å². The summed E-state index contributed by atoms with van der Waals surface area (Å²) in [5.41, 5.74) is 6.92. The fourth-order valence-corrected chi connectivity index (χ4v) is 2.23. The fourth-order valence-electron chi connectivity index (χ4n) is 1.69. The Balaban J connectivity index is 2.63. The third-order valence-corrected chi connectivity index (χ3v) is 3.69. The molecule has 0 spiro atoms. The summed E-state index contributed by atoms with van der Waals surface area (Å²) in [6, 6.07) is 6.11. The number of carbonyl (C=O) groups is 1. The van der Waals surface area contributed by atoms with Crippen LogP contribution < -0.4 is 10.5 Å². The monoisotopic (exact) mass is 342 g/mol. The van der Waals surface area contributed by atoms with Gasteiger partial charge in [-0.1, -0.05) is 6.07 Å². The van der Waals surface area contributed by atoms with Gasteiger partial charge < -0.3 is 15.4 Å². The second-order valence-electron chi connectivity index (χ2n) is 5.33. The van der Waals surface area contributed by atoms with E-state index in [0.717, 1.165) is 16.5 Å². The van der Waals surface area contributed by atoms with Crippen LogP contribution in [0.15, 0.2) is 22.7 Å². The Hall–Kier alpha value is -1.07. The molecule has 0 saturated heterocycles. The third-order valence-electron chi connectivity index (χ3n) is 3.07. The average Bonchev–Trinajstić information content (AvgIpc) is 2.35. The van der Waals surface area contributed by atoms with E-state index in [1.807, 2.05) is 39.0 Å². The number of halogens is 1. The maximum Gasteiger partial charge on any atom is 0.260 e. The van der Waals surface area contributed by atoms with E-state index < -0.39 is 0 Å². The van der Waals surface area contributed by atoms with Crippen LogP contribution in [0.2, 0.25) is 0 Å². The Bertz CT molecular complexity index is 461. The first kappa shape index (κ1) is 17.0. The number of carbonyl (C=O) groups excluding carboxylic acids is 1. The van der Waals surface area contributed by atoms with E-state index in [0.29, 0.717) is 5.75 Å². The van der Waals surface area contributed by atoms with Crippen molar-refractivity contribution in [1.82, 2.24) is 4.90 Å². The molecule has 5 heteroatoms. The normalized spacial score (nSPS) is 12.3. The maximum absolute atomic E-state index is 11.9. The fraction of sp³-hybridized carbons (Fsp3) is 0.533. The van der Waals surface area contributed by atoms with Gasteiger partial charge in [0, 0.05) is 19.1 Å². The number of nitrogens with zero attached hydrogens (tertiary/aromatic N) is 1. The van der Waals surface area contributed by atoms with Crippen molar-refractivity contribution in [1.29, 1.82) is 0 Å². The number of amides is 1. The van der Waals surface area contributed by atoms with E-state index in [1.165, 1.54) is 0 Å². The second kappa shape index (κ2) is 7.64. The summed E-state index contributed by atoms with van der Waals surface area (Å²) in [5.74, 6) is 0.635. The van der Waals surface area contributed by atoms with E-state index >= 15 is 0 Å². The Labute approximate surface area is 129 Å². The quantitative estimate of drug-likeness (QED) is 0.864. The maximum atomic E-state index is 11.9. The molecule has 2 N–H and O–H groups in total. The molecule has 1 amide bonds. The summed E-state index contributed by atoms with van der Waals surface area (Å²) >= 11 is 3.46. The summed E-state index contributed by atoms with van der Waals surface area (Å²) in [6.45, 7) is 5.95. The standard InChI is InChI=1S/C15H23BrN2O2/c1-10(2)18(4)15(19)9-20-14-6-5-12(7-11(3)17)8-13(14)16/h5-6,8,10-11H,7,9,17H2,1-4H3. The number of likely N-dealkylation sites (N-methyl/N-ethyl adjacent to an activating group) is 1. The summed E-state index contributed by atoms with van der Waals surface area (Å²) in [6.07, 6.45) is 0.813. The minimum atomic E-state index is -0.0356. The van der Waals surface area contributed by atoms with Gasteiger partial charge in [0.15, 0.2) is 6.61 Å². The van der Waals surface area contributed by atoms with E-state index in [1.54, 1.807) is 11.9 Å². The zero-order chi connectivity index (χ0) is 15.3. The predicted molar refractivity (Wildman–Crippen MR) is 84.9 cm³/mol. The summed E-state index contributed by atoms with van der Waals surface area (Å²) in [7, 11) is 1.77. The summed E-state index contributed by atoms with van der Waals surface area (Å²) < 4.78 is 6.40. The largest absolute Gasteiger partial charge is 0.483 e. The molecule has 0 heterocycles. The van der Waals surface area contributed by atoms with Crippen LogP contribution in [0.3, 0.4) is 0 Å². The number of benzene rings is 1. The average molecular weight is 343 g/mol. The van der Waals surface area contributed by atoms with Crippen LogP contribution in [0.1, 0.15) is 26.3 Å². The van der Waals surface area contributed by atoms with Gasteiger partial charge >= 0.3 is 0 Å². The van der Waals surface area contributed by atoms with Crippen molar-refractivity contribution < 1.29 is 9.53 Å². The Morgan fingerprint density at radius 3 is 2.55 bits per heavy atom. The number of nitrogens with two attached hydrogens (primary N) is 1. The van der Waals surface area contributed by atoms with Crippen molar-refractivity contribution >= 4 is 21.8 Å². The molecule has 4 nitrogen and oxygen atoms in total. The Morgan fingerprint density at radius 2 is 2.05 bits per heavy atom. The highest BCUT2D eigenvalue weighted by Gasteiger charge is 2.13. The van der Waals surface area contributed by atoms with Gasteiger partial charge in [-0.3, -0.25) is 4.79 Å². The van der Waals surface area contributed by atoms with Crippen LogP contribution in [0, 0.1) is 0 Å². The van der Waals surface area contributed by atoms with E-state index in [-0.39, 0.29) is 24.6 Å². The van der Waals surface area contributed by atoms with Gasteiger partial charge in [0.05, 0.1) is 4.47 Å². The molecule has 0 aliphatic heterocycles. The Kier molecular flexibility index (Phi) is 6.49. The molecule has 20 heavy (non-hydrogen) atoms. The van der Waals surface area contributed by atoms with Crippen molar-refractivity contribution in [3.05, 3.63) is 28.2 Å². The lowest BCUT2D eigenvalue weighted by molar-refractivity contribution is -0.133. The molecule has 1 aromatic carbocycles. The highest BCUT2D eigenvalue weighted by molar-refractivity contribution is 9.10. The minimum Gasteiger partial charge on any atom is -0.483 e. The van der Waals surface area contributed by atoms with Gasteiger partial charge in [0.1, 0.15) is 5.75 Å². The highest BCUT2D eigenvalue weighted by atomic mass is 79.9. The van der Waals surface area contributed by atoms with Crippen LogP contribution in [-0.4, -0.2) is 36.5 Å². The molecule has 0 bridgehead atoms. The smallest absolute Gasteiger partial charge is 0.260 e. The first-order valence-corrected chi connectivity index (χ1v) is 7.53. The second-order valence-corrected chi connectivity index (χ2v) is 6.19. The van der Waals surface area contributed by atoms with Crippen molar-refractivity contribution in [3.63, 3.8) is 0 Å². The molecular weight excluding hydrogens is 320 g/mol. The summed E-state index contributed by atoms with van der Waals surface area (Å²) in [4.78, 5) is 13.5. The molecule has 1 rings (SSSR count). The molecule has 1 unspecified atom stereocenters. The number of hydrogen-bond donors (Lipinski definition) is 1. The van der Waals surface area contributed by atoms with Crippen molar-refractivity contribution in [2.75, 3.05) is 13.7 Å². The van der Waals surface area contributed by atoms with Crippen molar-refractivity contribution in [3.8, 4) is 5.75 Å². The lowest BCUT2D eigenvalue weighted by Gasteiger charge is -2.21. The topological polar surface area (TPSA) is 55.6 Å². The lowest BCUT2D eigenvalue weighted by Crippen LogP contribution is -2.36. The van der Waals surface area contributed by atoms with Gasteiger partial charge in [-0.15, -0.1) is 0 Å². The van der Waals surface area contributed by atoms with Gasteiger partial charge in [-0.05, 0) is 60.8 Å². The molecule has 0 aliphatic rings. The van der Waals surface area contributed by atoms with Gasteiger partial charge in [-0.25, -0.2) is 0 Å². The summed E-state index contributed by atoms with van der Waals surface area (Å²) in [5, 5.41) is 0. The molecule has 0 radical (unpaired) electrons. The van der Waals surface area contributed by atoms with Crippen molar-refractivity contribution in [2.45, 2.75) is 39.3 Å².